The molecule has 0 atom stereocenters. The highest BCUT2D eigenvalue weighted by molar-refractivity contribution is 5.92. The highest BCUT2D eigenvalue weighted by Gasteiger charge is 2.53. The van der Waals surface area contributed by atoms with Crippen LogP contribution >= 0.6 is 0 Å². The van der Waals surface area contributed by atoms with Crippen molar-refractivity contribution in [3.63, 3.8) is 0 Å². The van der Waals surface area contributed by atoms with Crippen molar-refractivity contribution in [1.82, 2.24) is 10.2 Å². The highest BCUT2D eigenvalue weighted by atomic mass is 16.1. The summed E-state index contributed by atoms with van der Waals surface area (Å²) in [5, 5.41) is 3.37. The number of carbonyl (C=O) groups is 1. The Kier molecular flexibility index (Phi) is 4.18. The molecule has 22 heavy (non-hydrogen) atoms. The molecule has 5 nitrogen and oxygen atoms in total. The van der Waals surface area contributed by atoms with Crippen LogP contribution in [0.15, 0.2) is 29.3 Å². The zero-order valence-electron chi connectivity index (χ0n) is 14.1. The van der Waals surface area contributed by atoms with Gasteiger partial charge in [0.1, 0.15) is 0 Å². The second-order valence-corrected chi connectivity index (χ2v) is 6.99. The van der Waals surface area contributed by atoms with Crippen LogP contribution in [0, 0.1) is 5.41 Å². The average Bonchev–Trinajstić information content (AvgIpc) is 2.47. The average molecular weight is 302 g/mol. The maximum absolute atomic E-state index is 11.2. The monoisotopic (exact) mass is 302 g/mol. The summed E-state index contributed by atoms with van der Waals surface area (Å²) in [4.78, 5) is 17.9. The smallest absolute Gasteiger partial charge is 0.248 e. The first-order valence-corrected chi connectivity index (χ1v) is 7.56. The van der Waals surface area contributed by atoms with Crippen LogP contribution in [-0.2, 0) is 6.54 Å². The minimum atomic E-state index is -0.406. The number of hydrogen-bond acceptors (Lipinski definition) is 2. The predicted molar refractivity (Wildman–Crippen MR) is 89.7 cm³/mol. The van der Waals surface area contributed by atoms with Crippen molar-refractivity contribution in [2.24, 2.45) is 16.1 Å². The van der Waals surface area contributed by atoms with Crippen molar-refractivity contribution in [2.75, 3.05) is 13.6 Å². The number of carbonyl (C=O) groups excluding carboxylic acids is 1. The largest absolute Gasteiger partial charge is 0.366 e. The number of primary amides is 1. The summed E-state index contributed by atoms with van der Waals surface area (Å²) >= 11 is 0. The van der Waals surface area contributed by atoms with E-state index in [-0.39, 0.29) is 11.0 Å². The summed E-state index contributed by atoms with van der Waals surface area (Å²) in [6, 6.07) is 7.35. The van der Waals surface area contributed by atoms with Crippen LogP contribution in [0.2, 0.25) is 0 Å². The number of aliphatic imine (C=N–C) groups is 1. The van der Waals surface area contributed by atoms with Gasteiger partial charge in [0, 0.05) is 36.7 Å². The third-order valence-electron chi connectivity index (χ3n) is 5.01. The first-order chi connectivity index (χ1) is 10.2. The zero-order chi connectivity index (χ0) is 16.5. The van der Waals surface area contributed by atoms with Crippen molar-refractivity contribution >= 4 is 11.9 Å². The van der Waals surface area contributed by atoms with Gasteiger partial charge in [-0.25, -0.2) is 0 Å². The normalized spacial score (nSPS) is 19.5. The molecular weight excluding hydrogens is 276 g/mol. The van der Waals surface area contributed by atoms with Gasteiger partial charge in [-0.1, -0.05) is 26.0 Å². The molecule has 0 radical (unpaired) electrons. The number of likely N-dealkylation sites (tertiary alicyclic amines) is 1. The van der Waals surface area contributed by atoms with E-state index in [2.05, 4.69) is 42.9 Å². The van der Waals surface area contributed by atoms with Crippen LogP contribution in [0.25, 0.3) is 0 Å². The van der Waals surface area contributed by atoms with Crippen LogP contribution in [0.5, 0.6) is 0 Å². The molecule has 120 valence electrons. The number of guanidine groups is 1. The molecule has 5 heteroatoms. The summed E-state index contributed by atoms with van der Waals surface area (Å²) in [7, 11) is 1.80. The SMILES string of the molecule is CN=C(NCc1cccc(C(N)=O)c1)N1CC(C)(C)C1(C)C. The lowest BCUT2D eigenvalue weighted by molar-refractivity contribution is -0.0667. The molecule has 0 saturated carbocycles. The van der Waals surface area contributed by atoms with Crippen molar-refractivity contribution in [2.45, 2.75) is 39.8 Å². The number of nitrogens with one attached hydrogen (secondary N) is 1. The fourth-order valence-electron chi connectivity index (χ4n) is 2.71. The van der Waals surface area contributed by atoms with Gasteiger partial charge in [-0.3, -0.25) is 9.79 Å². The Morgan fingerprint density at radius 3 is 2.55 bits per heavy atom. The van der Waals surface area contributed by atoms with Gasteiger partial charge < -0.3 is 16.0 Å². The topological polar surface area (TPSA) is 70.7 Å². The molecule has 0 aliphatic carbocycles. The summed E-state index contributed by atoms with van der Waals surface area (Å²) < 4.78 is 0. The molecule has 0 bridgehead atoms. The van der Waals surface area contributed by atoms with Gasteiger partial charge in [0.2, 0.25) is 5.91 Å². The number of benzene rings is 1. The fourth-order valence-corrected chi connectivity index (χ4v) is 2.71. The van der Waals surface area contributed by atoms with Crippen molar-refractivity contribution in [3.8, 4) is 0 Å². The Morgan fingerprint density at radius 2 is 2.05 bits per heavy atom. The Hall–Kier alpha value is -2.04. The van der Waals surface area contributed by atoms with Gasteiger partial charge in [-0.05, 0) is 31.5 Å². The second kappa shape index (κ2) is 5.63. The Morgan fingerprint density at radius 1 is 1.36 bits per heavy atom. The van der Waals surface area contributed by atoms with E-state index in [1.54, 1.807) is 13.1 Å². The number of hydrogen-bond donors (Lipinski definition) is 2. The lowest BCUT2D eigenvalue weighted by Crippen LogP contribution is -2.72. The Bertz CT molecular complexity index is 604. The maximum Gasteiger partial charge on any atom is 0.248 e. The molecule has 1 aliphatic heterocycles. The van der Waals surface area contributed by atoms with Gasteiger partial charge in [0.05, 0.1) is 0 Å². The minimum absolute atomic E-state index is 0.0594. The molecule has 0 spiro atoms. The van der Waals surface area contributed by atoms with E-state index in [9.17, 15) is 4.79 Å². The molecule has 1 saturated heterocycles. The lowest BCUT2D eigenvalue weighted by Gasteiger charge is -2.62. The molecule has 1 fully saturated rings. The van der Waals surface area contributed by atoms with Crippen LogP contribution in [0.1, 0.15) is 43.6 Å². The van der Waals surface area contributed by atoms with Gasteiger partial charge in [0.25, 0.3) is 0 Å². The van der Waals surface area contributed by atoms with Crippen molar-refractivity contribution in [1.29, 1.82) is 0 Å². The van der Waals surface area contributed by atoms with Crippen LogP contribution in [0.3, 0.4) is 0 Å². The first-order valence-electron chi connectivity index (χ1n) is 7.56. The van der Waals surface area contributed by atoms with E-state index in [4.69, 9.17) is 5.73 Å². The minimum Gasteiger partial charge on any atom is -0.366 e. The molecule has 0 aromatic heterocycles. The zero-order valence-corrected chi connectivity index (χ0v) is 14.1. The second-order valence-electron chi connectivity index (χ2n) is 6.99. The maximum atomic E-state index is 11.2. The van der Waals surface area contributed by atoms with E-state index >= 15 is 0 Å². The third-order valence-corrected chi connectivity index (χ3v) is 5.01. The van der Waals surface area contributed by atoms with Gasteiger partial charge in [-0.15, -0.1) is 0 Å². The molecule has 1 aromatic rings. The molecule has 2 rings (SSSR count). The number of nitrogens with zero attached hydrogens (tertiary/aromatic N) is 2. The van der Waals surface area contributed by atoms with Crippen LogP contribution < -0.4 is 11.1 Å². The Balaban J connectivity index is 2.04. The Labute approximate surface area is 132 Å². The third kappa shape index (κ3) is 2.80. The quantitative estimate of drug-likeness (QED) is 0.662. The molecule has 1 amide bonds. The van der Waals surface area contributed by atoms with E-state index in [0.29, 0.717) is 12.1 Å². The highest BCUT2D eigenvalue weighted by Crippen LogP contribution is 2.46. The van der Waals surface area contributed by atoms with Gasteiger partial charge in [-0.2, -0.15) is 0 Å². The summed E-state index contributed by atoms with van der Waals surface area (Å²) in [6.45, 7) is 10.6. The van der Waals surface area contributed by atoms with Crippen molar-refractivity contribution in [3.05, 3.63) is 35.4 Å². The van der Waals surface area contributed by atoms with E-state index < -0.39 is 5.91 Å². The predicted octanol–water partition coefficient (Wildman–Crippen LogP) is 1.98. The molecule has 1 aliphatic rings. The van der Waals surface area contributed by atoms with Crippen molar-refractivity contribution < 1.29 is 4.79 Å². The van der Waals surface area contributed by atoms with Gasteiger partial charge in [0.15, 0.2) is 5.96 Å². The molecule has 3 N–H and O–H groups in total. The number of rotatable bonds is 3. The van der Waals surface area contributed by atoms with E-state index in [0.717, 1.165) is 18.1 Å². The summed E-state index contributed by atoms with van der Waals surface area (Å²) in [6.07, 6.45) is 0. The molecular formula is C17H26N4O. The van der Waals surface area contributed by atoms with E-state index in [1.807, 2.05) is 18.2 Å². The van der Waals surface area contributed by atoms with Crippen LogP contribution in [-0.4, -0.2) is 35.9 Å². The molecule has 1 heterocycles. The van der Waals surface area contributed by atoms with Gasteiger partial charge >= 0.3 is 0 Å². The number of amides is 1. The lowest BCUT2D eigenvalue weighted by atomic mass is 9.65. The van der Waals surface area contributed by atoms with E-state index in [1.165, 1.54) is 0 Å². The fraction of sp³-hybridized carbons (Fsp3) is 0.529. The van der Waals surface area contributed by atoms with Crippen LogP contribution in [0.4, 0.5) is 0 Å². The first kappa shape index (κ1) is 16.3. The standard InChI is InChI=1S/C17H26N4O/c1-16(2)11-21(17(16,3)4)15(19-5)20-10-12-7-6-8-13(9-12)14(18)22/h6-9H,10-11H2,1-5H3,(H2,18,22)(H,19,20). The molecule has 0 unspecified atom stereocenters. The summed E-state index contributed by atoms with van der Waals surface area (Å²) in [5.74, 6) is 0.477. The molecule has 1 aromatic carbocycles. The summed E-state index contributed by atoms with van der Waals surface area (Å²) in [5.41, 5.74) is 7.17. The number of nitrogens with two attached hydrogens (primary N) is 1.